The average Bonchev–Trinajstić information content (AvgIpc) is 2.49. The van der Waals surface area contributed by atoms with Crippen molar-refractivity contribution in [3.05, 3.63) is 12.7 Å². The second-order valence-electron chi connectivity index (χ2n) is 7.46. The number of Topliss-reactive ketones (excluding diaryl/α,β-unsaturated/α-hetero) is 1. The average molecular weight is 353 g/mol. The lowest BCUT2D eigenvalue weighted by Gasteiger charge is -2.57. The molecule has 1 amide bonds. The van der Waals surface area contributed by atoms with Gasteiger partial charge in [0, 0.05) is 13.0 Å². The summed E-state index contributed by atoms with van der Waals surface area (Å²) >= 11 is 0. The molecule has 6 nitrogen and oxygen atoms in total. The van der Waals surface area contributed by atoms with Crippen LogP contribution in [0.5, 0.6) is 0 Å². The molecule has 0 radical (unpaired) electrons. The number of ketones is 1. The SMILES string of the molecule is C=CCOC(=O)[C@H](C)[C@@H]1C(=O)N([Si](C)(C)C)[C@@H]1[C@H]1OCCCC1=O. The highest BCUT2D eigenvalue weighted by Gasteiger charge is 2.60. The second-order valence-corrected chi connectivity index (χ2v) is 12.3. The van der Waals surface area contributed by atoms with E-state index in [0.717, 1.165) is 0 Å². The Morgan fingerprint density at radius 3 is 2.67 bits per heavy atom. The third-order valence-electron chi connectivity index (χ3n) is 4.66. The molecule has 24 heavy (non-hydrogen) atoms. The van der Waals surface area contributed by atoms with Crippen LogP contribution in [0.25, 0.3) is 0 Å². The van der Waals surface area contributed by atoms with Crippen LogP contribution in [0, 0.1) is 11.8 Å². The number of carbonyl (C=O) groups is 3. The molecule has 2 heterocycles. The molecule has 2 aliphatic heterocycles. The lowest BCUT2D eigenvalue weighted by Crippen LogP contribution is -2.75. The van der Waals surface area contributed by atoms with E-state index in [1.165, 1.54) is 6.08 Å². The van der Waals surface area contributed by atoms with Crippen molar-refractivity contribution in [1.29, 1.82) is 0 Å². The van der Waals surface area contributed by atoms with Crippen LogP contribution in [-0.4, -0.2) is 55.8 Å². The van der Waals surface area contributed by atoms with Crippen molar-refractivity contribution in [3.63, 3.8) is 0 Å². The number of hydrogen-bond donors (Lipinski definition) is 0. The number of β-lactam (4-membered cyclic amide) rings is 1. The normalized spacial score (nSPS) is 29.0. The molecule has 0 aromatic rings. The molecule has 2 aliphatic rings. The summed E-state index contributed by atoms with van der Waals surface area (Å²) in [5.41, 5.74) is 0. The number of amides is 1. The van der Waals surface area contributed by atoms with Crippen molar-refractivity contribution in [2.24, 2.45) is 11.8 Å². The minimum atomic E-state index is -1.98. The molecule has 0 aromatic heterocycles. The van der Waals surface area contributed by atoms with Gasteiger partial charge in [0.1, 0.15) is 12.7 Å². The Morgan fingerprint density at radius 2 is 2.12 bits per heavy atom. The lowest BCUT2D eigenvalue weighted by atomic mass is 9.75. The first-order valence-electron chi connectivity index (χ1n) is 8.45. The van der Waals surface area contributed by atoms with Gasteiger partial charge in [0.25, 0.3) is 0 Å². The van der Waals surface area contributed by atoms with Gasteiger partial charge in [-0.05, 0) is 6.42 Å². The zero-order chi connectivity index (χ0) is 18.1. The summed E-state index contributed by atoms with van der Waals surface area (Å²) < 4.78 is 12.6. The third-order valence-corrected chi connectivity index (χ3v) is 6.62. The van der Waals surface area contributed by atoms with Crippen molar-refractivity contribution in [1.82, 2.24) is 4.57 Å². The number of hydrogen-bond acceptors (Lipinski definition) is 5. The van der Waals surface area contributed by atoms with E-state index in [0.29, 0.717) is 19.4 Å². The Morgan fingerprint density at radius 1 is 1.46 bits per heavy atom. The fourth-order valence-corrected chi connectivity index (χ4v) is 5.54. The van der Waals surface area contributed by atoms with Gasteiger partial charge in [-0.3, -0.25) is 14.4 Å². The molecule has 0 saturated carbocycles. The Labute approximate surface area is 144 Å². The van der Waals surface area contributed by atoms with Gasteiger partial charge in [-0.25, -0.2) is 0 Å². The smallest absolute Gasteiger partial charge is 0.309 e. The molecular formula is C17H27NO5Si. The molecule has 0 spiro atoms. The first-order valence-corrected chi connectivity index (χ1v) is 11.9. The zero-order valence-electron chi connectivity index (χ0n) is 14.9. The Bertz CT molecular complexity index is 542. The predicted molar refractivity (Wildman–Crippen MR) is 91.8 cm³/mol. The molecule has 0 aromatic carbocycles. The van der Waals surface area contributed by atoms with E-state index in [2.05, 4.69) is 26.2 Å². The van der Waals surface area contributed by atoms with Crippen LogP contribution in [0.2, 0.25) is 19.6 Å². The van der Waals surface area contributed by atoms with Crippen LogP contribution in [0.4, 0.5) is 0 Å². The Kier molecular flexibility index (Phi) is 5.65. The third kappa shape index (κ3) is 3.47. The fourth-order valence-electron chi connectivity index (χ4n) is 3.54. The summed E-state index contributed by atoms with van der Waals surface area (Å²) in [6, 6.07) is -0.358. The summed E-state index contributed by atoms with van der Waals surface area (Å²) in [5, 5.41) is 0. The van der Waals surface area contributed by atoms with Gasteiger partial charge in [0.2, 0.25) is 5.91 Å². The standard InChI is InChI=1S/C17H27NO5Si/c1-6-9-23-17(21)11(2)13-14(15-12(19)8-7-10-22-15)18(16(13)20)24(3,4)5/h6,11,13-15H,1,7-10H2,2-5H3/t11-,13+,14+,15+/m1/s1. The van der Waals surface area contributed by atoms with Gasteiger partial charge in [0.05, 0.1) is 17.9 Å². The second kappa shape index (κ2) is 7.19. The molecule has 2 rings (SSSR count). The molecule has 0 unspecified atom stereocenters. The Hall–Kier alpha value is -1.47. The van der Waals surface area contributed by atoms with E-state index in [1.807, 2.05) is 4.57 Å². The zero-order valence-corrected chi connectivity index (χ0v) is 15.9. The summed E-state index contributed by atoms with van der Waals surface area (Å²) in [6.07, 6.45) is 2.05. The fraction of sp³-hybridized carbons (Fsp3) is 0.706. The minimum Gasteiger partial charge on any atom is -0.461 e. The Balaban J connectivity index is 2.25. The van der Waals surface area contributed by atoms with E-state index in [1.54, 1.807) is 6.92 Å². The van der Waals surface area contributed by atoms with Gasteiger partial charge in [0.15, 0.2) is 14.0 Å². The molecular weight excluding hydrogens is 326 g/mol. The highest BCUT2D eigenvalue weighted by molar-refractivity contribution is 6.76. The van der Waals surface area contributed by atoms with Crippen molar-refractivity contribution in [2.75, 3.05) is 13.2 Å². The number of rotatable bonds is 6. The first kappa shape index (κ1) is 18.9. The molecule has 0 N–H and O–H groups in total. The van der Waals surface area contributed by atoms with E-state index in [-0.39, 0.29) is 24.3 Å². The maximum atomic E-state index is 12.8. The van der Waals surface area contributed by atoms with Crippen LogP contribution in [-0.2, 0) is 23.9 Å². The molecule has 7 heteroatoms. The molecule has 4 atom stereocenters. The van der Waals surface area contributed by atoms with Crippen molar-refractivity contribution >= 4 is 25.9 Å². The summed E-state index contributed by atoms with van der Waals surface area (Å²) in [5.74, 6) is -1.63. The summed E-state index contributed by atoms with van der Waals surface area (Å²) in [6.45, 7) is 12.0. The van der Waals surface area contributed by atoms with Crippen molar-refractivity contribution in [3.8, 4) is 0 Å². The van der Waals surface area contributed by atoms with Crippen LogP contribution >= 0.6 is 0 Å². The predicted octanol–water partition coefficient (Wildman–Crippen LogP) is 1.76. The topological polar surface area (TPSA) is 72.9 Å². The number of nitrogens with zero attached hydrogens (tertiary/aromatic N) is 1. The minimum absolute atomic E-state index is 0.0265. The largest absolute Gasteiger partial charge is 0.461 e. The summed E-state index contributed by atoms with van der Waals surface area (Å²) in [4.78, 5) is 37.3. The number of ether oxygens (including phenoxy) is 2. The van der Waals surface area contributed by atoms with Crippen LogP contribution in [0.15, 0.2) is 12.7 Å². The lowest BCUT2D eigenvalue weighted by molar-refractivity contribution is -0.175. The highest BCUT2D eigenvalue weighted by Crippen LogP contribution is 2.41. The van der Waals surface area contributed by atoms with Gasteiger partial charge >= 0.3 is 5.97 Å². The molecule has 2 saturated heterocycles. The highest BCUT2D eigenvalue weighted by atomic mass is 28.3. The molecule has 0 aliphatic carbocycles. The quantitative estimate of drug-likeness (QED) is 0.315. The maximum absolute atomic E-state index is 12.8. The first-order chi connectivity index (χ1) is 11.2. The van der Waals surface area contributed by atoms with Crippen molar-refractivity contribution < 1.29 is 23.9 Å². The van der Waals surface area contributed by atoms with E-state index in [4.69, 9.17) is 9.47 Å². The number of carbonyl (C=O) groups excluding carboxylic acids is 3. The molecule has 0 bridgehead atoms. The van der Waals surface area contributed by atoms with Gasteiger partial charge in [-0.2, -0.15) is 0 Å². The van der Waals surface area contributed by atoms with E-state index < -0.39 is 32.1 Å². The van der Waals surface area contributed by atoms with Crippen LogP contribution in [0.3, 0.4) is 0 Å². The van der Waals surface area contributed by atoms with E-state index >= 15 is 0 Å². The van der Waals surface area contributed by atoms with Gasteiger partial charge < -0.3 is 14.0 Å². The van der Waals surface area contributed by atoms with Crippen molar-refractivity contribution in [2.45, 2.75) is 51.6 Å². The van der Waals surface area contributed by atoms with Gasteiger partial charge in [-0.15, -0.1) is 0 Å². The van der Waals surface area contributed by atoms with Crippen LogP contribution < -0.4 is 0 Å². The monoisotopic (exact) mass is 353 g/mol. The van der Waals surface area contributed by atoms with Gasteiger partial charge in [-0.1, -0.05) is 39.2 Å². The van der Waals surface area contributed by atoms with E-state index in [9.17, 15) is 14.4 Å². The van der Waals surface area contributed by atoms with Crippen LogP contribution in [0.1, 0.15) is 19.8 Å². The number of esters is 1. The summed E-state index contributed by atoms with van der Waals surface area (Å²) in [7, 11) is -1.98. The molecule has 134 valence electrons. The molecule has 2 fully saturated rings. The maximum Gasteiger partial charge on any atom is 0.309 e.